The molecule has 2 atom stereocenters. The van der Waals surface area contributed by atoms with E-state index in [4.69, 9.17) is 4.74 Å². The highest BCUT2D eigenvalue weighted by Crippen LogP contribution is 2.48. The molecule has 0 aliphatic heterocycles. The molecule has 1 aromatic carbocycles. The van der Waals surface area contributed by atoms with Crippen molar-refractivity contribution in [3.05, 3.63) is 29.6 Å². The summed E-state index contributed by atoms with van der Waals surface area (Å²) in [6.07, 6.45) is 3.47. The van der Waals surface area contributed by atoms with Crippen molar-refractivity contribution in [2.24, 2.45) is 0 Å². The Morgan fingerprint density at radius 3 is 2.45 bits per heavy atom. The number of methoxy groups -OCH3 is 1. The third kappa shape index (κ3) is 3.86. The quantitative estimate of drug-likeness (QED) is 0.747. The summed E-state index contributed by atoms with van der Waals surface area (Å²) in [7, 11) is 1.66. The first-order valence-corrected chi connectivity index (χ1v) is 7.28. The van der Waals surface area contributed by atoms with Crippen molar-refractivity contribution in [2.45, 2.75) is 45.1 Å². The Morgan fingerprint density at radius 2 is 1.90 bits per heavy atom. The topological polar surface area (TPSA) is 12.5 Å². The van der Waals surface area contributed by atoms with Crippen molar-refractivity contribution in [1.29, 1.82) is 0 Å². The van der Waals surface area contributed by atoms with Crippen LogP contribution in [0.2, 0.25) is 0 Å². The zero-order valence-electron chi connectivity index (χ0n) is 12.6. The van der Waals surface area contributed by atoms with Crippen molar-refractivity contribution in [3.8, 4) is 5.75 Å². The molecule has 0 bridgehead atoms. The first kappa shape index (κ1) is 17.3. The Bertz CT molecular complexity index is 421. The van der Waals surface area contributed by atoms with Gasteiger partial charge in [-0.25, -0.2) is 4.39 Å². The summed E-state index contributed by atoms with van der Waals surface area (Å²) < 4.78 is 18.8. The maximum Gasteiger partial charge on any atom is 0.123 e. The first-order valence-electron chi connectivity index (χ1n) is 7.28. The predicted octanol–water partition coefficient (Wildman–Crippen LogP) is 4.23. The van der Waals surface area contributed by atoms with Crippen molar-refractivity contribution >= 4 is 12.4 Å². The fraction of sp³-hybridized carbons (Fsp3) is 0.625. The average Bonchev–Trinajstić information content (AvgIpc) is 3.18. The molecule has 2 rings (SSSR count). The maximum atomic E-state index is 13.4. The summed E-state index contributed by atoms with van der Waals surface area (Å²) in [5, 5.41) is 0. The summed E-state index contributed by atoms with van der Waals surface area (Å²) in [4.78, 5) is 2.54. The normalized spacial score (nSPS) is 20.6. The van der Waals surface area contributed by atoms with Crippen LogP contribution in [0.15, 0.2) is 18.2 Å². The van der Waals surface area contributed by atoms with Crippen LogP contribution < -0.4 is 4.74 Å². The molecular weight excluding hydrogens is 277 g/mol. The number of nitrogens with zero attached hydrogens (tertiary/aromatic N) is 1. The standard InChI is InChI=1S/C16H24FNO.ClH/c1-4-8-18(9-5-2)15-11-13(15)14-10-12(17)6-7-16(14)19-3;/h6-7,10,13,15H,4-5,8-9,11H2,1-3H3;1H/t13-,15+;/m1./s1. The molecule has 1 aliphatic carbocycles. The van der Waals surface area contributed by atoms with Crippen LogP contribution in [0.4, 0.5) is 4.39 Å². The zero-order chi connectivity index (χ0) is 13.8. The van der Waals surface area contributed by atoms with Gasteiger partial charge in [0, 0.05) is 17.5 Å². The van der Waals surface area contributed by atoms with E-state index >= 15 is 0 Å². The molecule has 0 saturated heterocycles. The van der Waals surface area contributed by atoms with Gasteiger partial charge in [0.25, 0.3) is 0 Å². The lowest BCUT2D eigenvalue weighted by atomic mass is 10.1. The van der Waals surface area contributed by atoms with Crippen molar-refractivity contribution in [1.82, 2.24) is 4.90 Å². The molecule has 0 spiro atoms. The van der Waals surface area contributed by atoms with Gasteiger partial charge in [-0.05, 0) is 50.6 Å². The van der Waals surface area contributed by atoms with Gasteiger partial charge in [-0.1, -0.05) is 13.8 Å². The summed E-state index contributed by atoms with van der Waals surface area (Å²) in [6.45, 7) is 6.69. The third-order valence-corrected chi connectivity index (χ3v) is 3.84. The van der Waals surface area contributed by atoms with Gasteiger partial charge in [-0.2, -0.15) is 0 Å². The Kier molecular flexibility index (Phi) is 6.77. The minimum Gasteiger partial charge on any atom is -0.496 e. The maximum absolute atomic E-state index is 13.4. The lowest BCUT2D eigenvalue weighted by molar-refractivity contribution is 0.259. The second-order valence-corrected chi connectivity index (χ2v) is 5.33. The van der Waals surface area contributed by atoms with Gasteiger partial charge < -0.3 is 4.74 Å². The minimum absolute atomic E-state index is 0. The smallest absolute Gasteiger partial charge is 0.123 e. The van der Waals surface area contributed by atoms with E-state index < -0.39 is 0 Å². The lowest BCUT2D eigenvalue weighted by Crippen LogP contribution is -2.28. The van der Waals surface area contributed by atoms with Gasteiger partial charge in [0.1, 0.15) is 11.6 Å². The van der Waals surface area contributed by atoms with Gasteiger partial charge in [0.15, 0.2) is 0 Å². The van der Waals surface area contributed by atoms with Crippen molar-refractivity contribution < 1.29 is 9.13 Å². The Morgan fingerprint density at radius 1 is 1.25 bits per heavy atom. The molecule has 1 saturated carbocycles. The fourth-order valence-corrected chi connectivity index (χ4v) is 2.93. The molecule has 0 N–H and O–H groups in total. The second kappa shape index (κ2) is 7.84. The average molecular weight is 302 g/mol. The zero-order valence-corrected chi connectivity index (χ0v) is 13.4. The van der Waals surface area contributed by atoms with Crippen LogP contribution in [0, 0.1) is 5.82 Å². The molecule has 1 aromatic rings. The number of benzene rings is 1. The van der Waals surface area contributed by atoms with E-state index in [1.54, 1.807) is 19.2 Å². The van der Waals surface area contributed by atoms with Crippen LogP contribution >= 0.6 is 12.4 Å². The van der Waals surface area contributed by atoms with Gasteiger partial charge in [-0.15, -0.1) is 12.4 Å². The van der Waals surface area contributed by atoms with E-state index in [0.29, 0.717) is 12.0 Å². The SMILES string of the molecule is CCCN(CCC)[C@H]1C[C@@H]1c1cc(F)ccc1OC.Cl. The molecule has 114 valence electrons. The molecule has 20 heavy (non-hydrogen) atoms. The minimum atomic E-state index is -0.168. The molecule has 0 aromatic heterocycles. The molecule has 0 heterocycles. The van der Waals surface area contributed by atoms with Gasteiger partial charge in [-0.3, -0.25) is 4.90 Å². The summed E-state index contributed by atoms with van der Waals surface area (Å²) in [5.74, 6) is 1.09. The highest BCUT2D eigenvalue weighted by atomic mass is 35.5. The van der Waals surface area contributed by atoms with Crippen molar-refractivity contribution in [3.63, 3.8) is 0 Å². The summed E-state index contributed by atoms with van der Waals surface area (Å²) >= 11 is 0. The Labute approximate surface area is 127 Å². The monoisotopic (exact) mass is 301 g/mol. The van der Waals surface area contributed by atoms with E-state index in [1.807, 2.05) is 0 Å². The number of hydrogen-bond acceptors (Lipinski definition) is 2. The highest BCUT2D eigenvalue weighted by molar-refractivity contribution is 5.85. The van der Waals surface area contributed by atoms with E-state index in [0.717, 1.165) is 30.8 Å². The van der Waals surface area contributed by atoms with Crippen LogP contribution in [0.1, 0.15) is 44.6 Å². The molecule has 0 radical (unpaired) electrons. The molecule has 0 amide bonds. The molecule has 1 aliphatic rings. The number of halogens is 2. The van der Waals surface area contributed by atoms with Crippen LogP contribution in [0.5, 0.6) is 5.75 Å². The molecule has 4 heteroatoms. The van der Waals surface area contributed by atoms with Crippen LogP contribution in [-0.4, -0.2) is 31.1 Å². The molecule has 1 fully saturated rings. The Hall–Kier alpha value is -0.800. The van der Waals surface area contributed by atoms with Gasteiger partial charge in [0.2, 0.25) is 0 Å². The van der Waals surface area contributed by atoms with Crippen LogP contribution in [0.3, 0.4) is 0 Å². The summed E-state index contributed by atoms with van der Waals surface area (Å²) in [5.41, 5.74) is 1.03. The van der Waals surface area contributed by atoms with E-state index in [2.05, 4.69) is 18.7 Å². The Balaban J connectivity index is 0.00000200. The first-order chi connectivity index (χ1) is 9.21. The molecule has 2 nitrogen and oxygen atoms in total. The number of hydrogen-bond donors (Lipinski definition) is 0. The van der Waals surface area contributed by atoms with Crippen LogP contribution in [-0.2, 0) is 0 Å². The highest BCUT2D eigenvalue weighted by Gasteiger charge is 2.43. The largest absolute Gasteiger partial charge is 0.496 e. The van der Waals surface area contributed by atoms with Crippen molar-refractivity contribution in [2.75, 3.05) is 20.2 Å². The molecule has 0 unspecified atom stereocenters. The van der Waals surface area contributed by atoms with E-state index in [-0.39, 0.29) is 18.2 Å². The van der Waals surface area contributed by atoms with Gasteiger partial charge >= 0.3 is 0 Å². The van der Waals surface area contributed by atoms with E-state index in [9.17, 15) is 4.39 Å². The lowest BCUT2D eigenvalue weighted by Gasteiger charge is -2.21. The molecular formula is C16H25ClFNO. The third-order valence-electron chi connectivity index (χ3n) is 3.84. The number of ether oxygens (including phenoxy) is 1. The van der Waals surface area contributed by atoms with E-state index in [1.165, 1.54) is 18.9 Å². The predicted molar refractivity (Wildman–Crippen MR) is 83.5 cm³/mol. The van der Waals surface area contributed by atoms with Crippen LogP contribution in [0.25, 0.3) is 0 Å². The second-order valence-electron chi connectivity index (χ2n) is 5.33. The fourth-order valence-electron chi connectivity index (χ4n) is 2.93. The van der Waals surface area contributed by atoms with Gasteiger partial charge in [0.05, 0.1) is 7.11 Å². The number of rotatable bonds is 7. The summed E-state index contributed by atoms with van der Waals surface area (Å²) in [6, 6.07) is 5.41.